The number of nitrogens with zero attached hydrogens (tertiary/aromatic N) is 2. The molecule has 3 aromatic carbocycles. The maximum Gasteiger partial charge on any atom is 0.264 e. The topological polar surface area (TPSA) is 96.0 Å². The standard InChI is InChI=1S/C31H37Cl2N3O5S/c1-5-22(4)34-31(38)29(6-2)35(20-23-13-18-27(32)28(33)19-23)30(37)21-36(24-14-16-25(17-15-24)41-7-3)42(39,40)26-11-9-8-10-12-26/h8-19,22,29H,5-7,20-21H2,1-4H3,(H,34,38)/t22-,29-/m1/s1. The molecule has 0 aliphatic heterocycles. The van der Waals surface area contributed by atoms with Crippen molar-refractivity contribution in [2.24, 2.45) is 0 Å². The van der Waals surface area contributed by atoms with Gasteiger partial charge in [0.1, 0.15) is 18.3 Å². The molecule has 0 aliphatic carbocycles. The first-order valence-corrected chi connectivity index (χ1v) is 16.1. The van der Waals surface area contributed by atoms with E-state index in [1.165, 1.54) is 17.0 Å². The Labute approximate surface area is 258 Å². The summed E-state index contributed by atoms with van der Waals surface area (Å²) in [5, 5.41) is 3.62. The number of nitrogens with one attached hydrogen (secondary N) is 1. The summed E-state index contributed by atoms with van der Waals surface area (Å²) in [5.74, 6) is -0.307. The maximum absolute atomic E-state index is 14.1. The van der Waals surface area contributed by atoms with Gasteiger partial charge >= 0.3 is 0 Å². The average Bonchev–Trinajstić information content (AvgIpc) is 2.98. The van der Waals surface area contributed by atoms with Crippen LogP contribution in [0.2, 0.25) is 10.0 Å². The van der Waals surface area contributed by atoms with E-state index >= 15 is 0 Å². The van der Waals surface area contributed by atoms with Crippen LogP contribution in [0.5, 0.6) is 5.75 Å². The van der Waals surface area contributed by atoms with Gasteiger partial charge in [-0.3, -0.25) is 13.9 Å². The van der Waals surface area contributed by atoms with E-state index in [1.54, 1.807) is 67.6 Å². The van der Waals surface area contributed by atoms with Crippen LogP contribution in [-0.4, -0.2) is 50.4 Å². The summed E-state index contributed by atoms with van der Waals surface area (Å²) in [6.07, 6.45) is 1.02. The van der Waals surface area contributed by atoms with E-state index in [2.05, 4.69) is 5.32 Å². The zero-order chi connectivity index (χ0) is 30.9. The molecule has 3 rings (SSSR count). The average molecular weight is 635 g/mol. The van der Waals surface area contributed by atoms with Gasteiger partial charge in [0.2, 0.25) is 11.8 Å². The number of rotatable bonds is 14. The van der Waals surface area contributed by atoms with Crippen molar-refractivity contribution in [3.05, 3.63) is 88.4 Å². The number of carbonyl (C=O) groups is 2. The monoisotopic (exact) mass is 633 g/mol. The number of hydrogen-bond acceptors (Lipinski definition) is 5. The van der Waals surface area contributed by atoms with Gasteiger partial charge in [-0.15, -0.1) is 0 Å². The molecule has 1 N–H and O–H groups in total. The Morgan fingerprint density at radius 1 is 0.905 bits per heavy atom. The first kappa shape index (κ1) is 33.2. The highest BCUT2D eigenvalue weighted by Crippen LogP contribution is 2.28. The molecule has 0 fully saturated rings. The number of benzene rings is 3. The number of halogens is 2. The zero-order valence-corrected chi connectivity index (χ0v) is 26.5. The first-order chi connectivity index (χ1) is 20.0. The fourth-order valence-electron chi connectivity index (χ4n) is 4.32. The zero-order valence-electron chi connectivity index (χ0n) is 24.2. The molecule has 0 heterocycles. The van der Waals surface area contributed by atoms with Crippen LogP contribution in [0.4, 0.5) is 5.69 Å². The third-order valence-electron chi connectivity index (χ3n) is 6.77. The highest BCUT2D eigenvalue weighted by molar-refractivity contribution is 7.92. The van der Waals surface area contributed by atoms with E-state index in [0.717, 1.165) is 4.31 Å². The maximum atomic E-state index is 14.1. The molecule has 2 amide bonds. The summed E-state index contributed by atoms with van der Waals surface area (Å²) in [4.78, 5) is 29.0. The molecule has 0 saturated carbocycles. The predicted octanol–water partition coefficient (Wildman–Crippen LogP) is 6.31. The number of hydrogen-bond donors (Lipinski definition) is 1. The number of anilines is 1. The summed E-state index contributed by atoms with van der Waals surface area (Å²) < 4.78 is 34.4. The fraction of sp³-hybridized carbons (Fsp3) is 0.355. The van der Waals surface area contributed by atoms with Crippen LogP contribution in [0.25, 0.3) is 0 Å². The van der Waals surface area contributed by atoms with Gasteiger partial charge in [0.15, 0.2) is 0 Å². The largest absolute Gasteiger partial charge is 0.494 e. The summed E-state index contributed by atoms with van der Waals surface area (Å²) >= 11 is 12.4. The number of amides is 2. The van der Waals surface area contributed by atoms with Crippen molar-refractivity contribution >= 4 is 50.7 Å². The Kier molecular flexibility index (Phi) is 12.1. The minimum absolute atomic E-state index is 0.0185. The van der Waals surface area contributed by atoms with Crippen LogP contribution in [0.1, 0.15) is 46.1 Å². The Bertz CT molecular complexity index is 1450. The van der Waals surface area contributed by atoms with E-state index in [1.807, 2.05) is 20.8 Å². The lowest BCUT2D eigenvalue weighted by molar-refractivity contribution is -0.140. The van der Waals surface area contributed by atoms with E-state index < -0.39 is 28.5 Å². The summed E-state index contributed by atoms with van der Waals surface area (Å²) in [5.41, 5.74) is 0.924. The van der Waals surface area contributed by atoms with Gasteiger partial charge < -0.3 is 15.0 Å². The quantitative estimate of drug-likeness (QED) is 0.224. The number of ether oxygens (including phenoxy) is 1. The van der Waals surface area contributed by atoms with Crippen molar-refractivity contribution in [1.29, 1.82) is 0 Å². The third kappa shape index (κ3) is 8.40. The smallest absolute Gasteiger partial charge is 0.264 e. The number of carbonyl (C=O) groups excluding carboxylic acids is 2. The molecular weight excluding hydrogens is 597 g/mol. The lowest BCUT2D eigenvalue weighted by Gasteiger charge is -2.33. The van der Waals surface area contributed by atoms with Crippen molar-refractivity contribution in [2.45, 2.75) is 64.1 Å². The van der Waals surface area contributed by atoms with E-state index in [4.69, 9.17) is 27.9 Å². The van der Waals surface area contributed by atoms with Crippen molar-refractivity contribution in [1.82, 2.24) is 10.2 Å². The third-order valence-corrected chi connectivity index (χ3v) is 9.30. The van der Waals surface area contributed by atoms with Gasteiger partial charge in [0.25, 0.3) is 10.0 Å². The molecule has 0 aliphatic rings. The molecule has 3 aromatic rings. The van der Waals surface area contributed by atoms with Crippen molar-refractivity contribution < 1.29 is 22.7 Å². The second kappa shape index (κ2) is 15.3. The Morgan fingerprint density at radius 3 is 2.14 bits per heavy atom. The van der Waals surface area contributed by atoms with Crippen LogP contribution in [0.15, 0.2) is 77.7 Å². The molecule has 8 nitrogen and oxygen atoms in total. The van der Waals surface area contributed by atoms with Crippen molar-refractivity contribution in [2.75, 3.05) is 17.5 Å². The summed E-state index contributed by atoms with van der Waals surface area (Å²) in [7, 11) is -4.16. The number of sulfonamides is 1. The van der Waals surface area contributed by atoms with E-state index in [9.17, 15) is 18.0 Å². The molecule has 0 radical (unpaired) electrons. The van der Waals surface area contributed by atoms with Crippen LogP contribution in [0.3, 0.4) is 0 Å². The minimum Gasteiger partial charge on any atom is -0.494 e. The minimum atomic E-state index is -4.16. The second-order valence-electron chi connectivity index (χ2n) is 9.76. The predicted molar refractivity (Wildman–Crippen MR) is 168 cm³/mol. The van der Waals surface area contributed by atoms with Crippen LogP contribution >= 0.6 is 23.2 Å². The molecule has 11 heteroatoms. The molecule has 0 saturated heterocycles. The summed E-state index contributed by atoms with van der Waals surface area (Å²) in [6, 6.07) is 18.4. The van der Waals surface area contributed by atoms with Crippen LogP contribution < -0.4 is 14.4 Å². The molecular formula is C31H37Cl2N3O5S. The van der Waals surface area contributed by atoms with Gasteiger partial charge in [-0.05, 0) is 80.8 Å². The van der Waals surface area contributed by atoms with Crippen LogP contribution in [-0.2, 0) is 26.2 Å². The Morgan fingerprint density at radius 2 is 1.57 bits per heavy atom. The van der Waals surface area contributed by atoms with Gasteiger partial charge in [-0.25, -0.2) is 8.42 Å². The molecule has 2 atom stereocenters. The fourth-order valence-corrected chi connectivity index (χ4v) is 6.07. The molecule has 0 bridgehead atoms. The normalized spacial score (nSPS) is 12.7. The SMILES string of the molecule is CCOc1ccc(N(CC(=O)N(Cc2ccc(Cl)c(Cl)c2)[C@H](CC)C(=O)N[C@H](C)CC)S(=O)(=O)c2ccccc2)cc1. The second-order valence-corrected chi connectivity index (χ2v) is 12.4. The van der Waals surface area contributed by atoms with Crippen LogP contribution in [0, 0.1) is 0 Å². The van der Waals surface area contributed by atoms with E-state index in [-0.39, 0.29) is 29.1 Å². The molecule has 0 unspecified atom stereocenters. The van der Waals surface area contributed by atoms with Gasteiger partial charge in [0, 0.05) is 12.6 Å². The Hall–Kier alpha value is -3.27. The molecule has 0 aromatic heterocycles. The molecule has 0 spiro atoms. The van der Waals surface area contributed by atoms with Gasteiger partial charge in [-0.1, -0.05) is 61.3 Å². The highest BCUT2D eigenvalue weighted by atomic mass is 35.5. The van der Waals surface area contributed by atoms with Gasteiger partial charge in [-0.2, -0.15) is 0 Å². The highest BCUT2D eigenvalue weighted by Gasteiger charge is 2.34. The lowest BCUT2D eigenvalue weighted by Crippen LogP contribution is -2.53. The first-order valence-electron chi connectivity index (χ1n) is 13.9. The molecule has 226 valence electrons. The van der Waals surface area contributed by atoms with Crippen molar-refractivity contribution in [3.63, 3.8) is 0 Å². The molecule has 42 heavy (non-hydrogen) atoms. The summed E-state index contributed by atoms with van der Waals surface area (Å²) in [6.45, 7) is 7.42. The lowest BCUT2D eigenvalue weighted by atomic mass is 10.1. The van der Waals surface area contributed by atoms with E-state index in [0.29, 0.717) is 40.8 Å². The van der Waals surface area contributed by atoms with Gasteiger partial charge in [0.05, 0.1) is 27.2 Å². The Balaban J connectivity index is 2.06. The van der Waals surface area contributed by atoms with Crippen molar-refractivity contribution in [3.8, 4) is 5.75 Å².